The first-order valence-corrected chi connectivity index (χ1v) is 14.4. The molecule has 0 heterocycles. The Morgan fingerprint density at radius 2 is 1.00 bits per heavy atom. The lowest BCUT2D eigenvalue weighted by Crippen LogP contribution is -3.00. The molecule has 0 N–H and O–H groups in total. The van der Waals surface area contributed by atoms with E-state index in [1.165, 1.54) is 106 Å². The minimum absolute atomic E-state index is 0. The molecule has 0 aliphatic carbocycles. The molecule has 0 aromatic heterocycles. The SMILES string of the molecule is CCCCCCCCCCCC[N+](C)(C)CCCO[Si](CC)(CC)CC.[Cl-]. The summed E-state index contributed by atoms with van der Waals surface area (Å²) in [6.07, 6.45) is 15.5. The summed E-state index contributed by atoms with van der Waals surface area (Å²) in [6, 6.07) is 3.82. The van der Waals surface area contributed by atoms with E-state index in [0.717, 1.165) is 6.61 Å². The first kappa shape index (κ1) is 29.6. The van der Waals surface area contributed by atoms with Crippen LogP contribution in [0, 0.1) is 0 Å². The fraction of sp³-hybridized carbons (Fsp3) is 1.00. The number of quaternary nitrogens is 1. The maximum Gasteiger partial charge on any atom is 0.191 e. The van der Waals surface area contributed by atoms with E-state index in [0.29, 0.717) is 0 Å². The van der Waals surface area contributed by atoms with Crippen molar-refractivity contribution in [2.24, 2.45) is 0 Å². The zero-order valence-electron chi connectivity index (χ0n) is 19.8. The third-order valence-electron chi connectivity index (χ3n) is 6.37. The van der Waals surface area contributed by atoms with Gasteiger partial charge < -0.3 is 21.3 Å². The van der Waals surface area contributed by atoms with Crippen LogP contribution in [0.1, 0.15) is 98.3 Å². The van der Waals surface area contributed by atoms with Gasteiger partial charge in [0.25, 0.3) is 0 Å². The number of rotatable bonds is 19. The molecule has 0 saturated carbocycles. The van der Waals surface area contributed by atoms with Gasteiger partial charge in [-0.3, -0.25) is 0 Å². The van der Waals surface area contributed by atoms with E-state index < -0.39 is 8.32 Å². The van der Waals surface area contributed by atoms with Crippen LogP contribution in [0.15, 0.2) is 0 Å². The first-order chi connectivity index (χ1) is 12.4. The van der Waals surface area contributed by atoms with Crippen LogP contribution >= 0.6 is 0 Å². The normalized spacial score (nSPS) is 12.2. The van der Waals surface area contributed by atoms with Crippen molar-refractivity contribution in [3.8, 4) is 0 Å². The highest BCUT2D eigenvalue weighted by Crippen LogP contribution is 2.21. The van der Waals surface area contributed by atoms with Gasteiger partial charge in [0.05, 0.1) is 27.2 Å². The van der Waals surface area contributed by atoms with Crippen molar-refractivity contribution in [2.45, 2.75) is 116 Å². The molecule has 0 radical (unpaired) electrons. The lowest BCUT2D eigenvalue weighted by molar-refractivity contribution is -0.890. The van der Waals surface area contributed by atoms with E-state index >= 15 is 0 Å². The molecule has 0 fully saturated rings. The number of nitrogens with zero attached hydrogens (tertiary/aromatic N) is 1. The lowest BCUT2D eigenvalue weighted by atomic mass is 10.1. The number of hydrogen-bond donors (Lipinski definition) is 0. The van der Waals surface area contributed by atoms with Gasteiger partial charge in [0, 0.05) is 13.0 Å². The molecule has 2 nitrogen and oxygen atoms in total. The molecule has 0 atom stereocenters. The summed E-state index contributed by atoms with van der Waals surface area (Å²) in [4.78, 5) is 0. The minimum Gasteiger partial charge on any atom is -1.00 e. The molecule has 0 saturated heterocycles. The third kappa shape index (κ3) is 16.0. The molecule has 0 spiro atoms. The molecule has 0 amide bonds. The van der Waals surface area contributed by atoms with Gasteiger partial charge in [-0.2, -0.15) is 0 Å². The number of hydrogen-bond acceptors (Lipinski definition) is 1. The highest BCUT2D eigenvalue weighted by molar-refractivity contribution is 6.73. The van der Waals surface area contributed by atoms with Crippen molar-refractivity contribution in [3.63, 3.8) is 0 Å². The van der Waals surface area contributed by atoms with Crippen LogP contribution in [0.2, 0.25) is 18.1 Å². The molecule has 0 aliphatic rings. The van der Waals surface area contributed by atoms with Crippen LogP contribution in [-0.2, 0) is 4.43 Å². The standard InChI is InChI=1S/C23H52NOSi.ClH/c1-7-11-12-13-14-15-16-17-18-19-21-24(5,6)22-20-23-25-26(8-2,9-3)10-4;/h7-23H2,1-6H3;1H/q+1;/p-1. The summed E-state index contributed by atoms with van der Waals surface area (Å²) in [5.74, 6) is 0. The van der Waals surface area contributed by atoms with E-state index in [2.05, 4.69) is 41.8 Å². The highest BCUT2D eigenvalue weighted by atomic mass is 35.5. The number of halogens is 1. The average Bonchev–Trinajstić information content (AvgIpc) is 2.64. The molecule has 0 bridgehead atoms. The zero-order valence-corrected chi connectivity index (χ0v) is 21.5. The smallest absolute Gasteiger partial charge is 0.191 e. The van der Waals surface area contributed by atoms with Gasteiger partial charge in [0.1, 0.15) is 0 Å². The largest absolute Gasteiger partial charge is 1.00 e. The van der Waals surface area contributed by atoms with Crippen LogP contribution in [0.5, 0.6) is 0 Å². The van der Waals surface area contributed by atoms with Gasteiger partial charge in [0.2, 0.25) is 0 Å². The van der Waals surface area contributed by atoms with Crippen molar-refractivity contribution in [1.29, 1.82) is 0 Å². The fourth-order valence-electron chi connectivity index (χ4n) is 3.98. The van der Waals surface area contributed by atoms with Gasteiger partial charge in [-0.05, 0) is 31.0 Å². The Balaban J connectivity index is 0. The molecular weight excluding hydrogens is 370 g/mol. The lowest BCUT2D eigenvalue weighted by Gasteiger charge is -2.32. The average molecular weight is 422 g/mol. The summed E-state index contributed by atoms with van der Waals surface area (Å²) >= 11 is 0. The van der Waals surface area contributed by atoms with E-state index in [4.69, 9.17) is 4.43 Å². The van der Waals surface area contributed by atoms with Gasteiger partial charge in [-0.25, -0.2) is 0 Å². The van der Waals surface area contributed by atoms with Crippen LogP contribution in [0.3, 0.4) is 0 Å². The van der Waals surface area contributed by atoms with Crippen LogP contribution in [0.4, 0.5) is 0 Å². The predicted octanol–water partition coefficient (Wildman–Crippen LogP) is 4.40. The Hall–Kier alpha value is 0.427. The van der Waals surface area contributed by atoms with Crippen molar-refractivity contribution in [1.82, 2.24) is 0 Å². The summed E-state index contributed by atoms with van der Waals surface area (Å²) in [7, 11) is 3.43. The van der Waals surface area contributed by atoms with E-state index in [1.807, 2.05) is 0 Å². The molecule has 0 rings (SSSR count). The first-order valence-electron chi connectivity index (χ1n) is 11.9. The summed E-state index contributed by atoms with van der Waals surface area (Å²) < 4.78 is 7.57. The van der Waals surface area contributed by atoms with Crippen LogP contribution < -0.4 is 12.4 Å². The second-order valence-electron chi connectivity index (χ2n) is 9.01. The molecular formula is C23H52ClNOSi. The maximum absolute atomic E-state index is 6.41. The Kier molecular flexibility index (Phi) is 20.3. The Bertz CT molecular complexity index is 300. The third-order valence-corrected chi connectivity index (χ3v) is 11.0. The van der Waals surface area contributed by atoms with Gasteiger partial charge in [-0.15, -0.1) is 0 Å². The fourth-order valence-corrected chi connectivity index (χ4v) is 6.67. The highest BCUT2D eigenvalue weighted by Gasteiger charge is 2.28. The van der Waals surface area contributed by atoms with Gasteiger partial charge in [-0.1, -0.05) is 79.1 Å². The topological polar surface area (TPSA) is 9.23 Å². The predicted molar refractivity (Wildman–Crippen MR) is 121 cm³/mol. The molecule has 0 aromatic rings. The quantitative estimate of drug-likeness (QED) is 0.170. The number of unbranched alkanes of at least 4 members (excludes halogenated alkanes) is 9. The van der Waals surface area contributed by atoms with Crippen LogP contribution in [-0.4, -0.2) is 46.6 Å². The molecule has 0 unspecified atom stereocenters. The molecule has 166 valence electrons. The van der Waals surface area contributed by atoms with Gasteiger partial charge in [0.15, 0.2) is 8.32 Å². The van der Waals surface area contributed by atoms with E-state index in [9.17, 15) is 0 Å². The van der Waals surface area contributed by atoms with E-state index in [1.54, 1.807) is 0 Å². The van der Waals surface area contributed by atoms with Crippen molar-refractivity contribution < 1.29 is 21.3 Å². The molecule has 0 aromatic carbocycles. The van der Waals surface area contributed by atoms with Crippen molar-refractivity contribution in [3.05, 3.63) is 0 Å². The Morgan fingerprint density at radius 3 is 1.44 bits per heavy atom. The zero-order chi connectivity index (χ0) is 19.7. The van der Waals surface area contributed by atoms with E-state index in [-0.39, 0.29) is 12.4 Å². The second kappa shape index (κ2) is 18.5. The monoisotopic (exact) mass is 421 g/mol. The Morgan fingerprint density at radius 1 is 0.593 bits per heavy atom. The minimum atomic E-state index is -1.38. The maximum atomic E-state index is 6.41. The molecule has 27 heavy (non-hydrogen) atoms. The molecule has 4 heteroatoms. The van der Waals surface area contributed by atoms with Crippen molar-refractivity contribution >= 4 is 8.32 Å². The van der Waals surface area contributed by atoms with Crippen molar-refractivity contribution in [2.75, 3.05) is 33.8 Å². The summed E-state index contributed by atoms with van der Waals surface area (Å²) in [5, 5.41) is 0. The Labute approximate surface area is 180 Å². The summed E-state index contributed by atoms with van der Waals surface area (Å²) in [5.41, 5.74) is 0. The summed E-state index contributed by atoms with van der Waals surface area (Å²) in [6.45, 7) is 12.8. The second-order valence-corrected chi connectivity index (χ2v) is 13.8. The molecule has 0 aliphatic heterocycles. The van der Waals surface area contributed by atoms with Gasteiger partial charge >= 0.3 is 0 Å². The van der Waals surface area contributed by atoms with Crippen LogP contribution in [0.25, 0.3) is 0 Å².